The number of unbranched alkanes of at least 4 members (excludes halogenated alkanes) is 9. The van der Waals surface area contributed by atoms with Gasteiger partial charge in [-0.3, -0.25) is 9.59 Å². The molecule has 194 valence electrons. The van der Waals surface area contributed by atoms with Crippen LogP contribution in [0.2, 0.25) is 0 Å². The van der Waals surface area contributed by atoms with E-state index in [0.717, 1.165) is 19.3 Å². The van der Waals surface area contributed by atoms with Crippen molar-refractivity contribution in [2.45, 2.75) is 84.0 Å². The number of hydrogen-bond donors (Lipinski definition) is 0. The molecule has 34 heavy (non-hydrogen) atoms. The molecule has 10 heteroatoms. The van der Waals surface area contributed by atoms with Crippen LogP contribution in [0.3, 0.4) is 0 Å². The average molecular weight is 497 g/mol. The van der Waals surface area contributed by atoms with Crippen molar-refractivity contribution in [3.63, 3.8) is 0 Å². The number of benzene rings is 1. The number of rotatable bonds is 18. The third kappa shape index (κ3) is 11.2. The predicted molar refractivity (Wildman–Crippen MR) is 115 cm³/mol. The van der Waals surface area contributed by atoms with Gasteiger partial charge in [0.1, 0.15) is 13.2 Å². The van der Waals surface area contributed by atoms with Crippen molar-refractivity contribution in [3.05, 3.63) is 29.1 Å². The summed E-state index contributed by atoms with van der Waals surface area (Å²) in [6.45, 7) is 1.32. The molecule has 0 spiro atoms. The van der Waals surface area contributed by atoms with Gasteiger partial charge >= 0.3 is 11.9 Å². The highest BCUT2D eigenvalue weighted by atomic mass is 19.2. The van der Waals surface area contributed by atoms with E-state index in [1.165, 1.54) is 44.9 Å². The van der Waals surface area contributed by atoms with Crippen LogP contribution in [0.1, 0.15) is 84.0 Å². The second-order valence-electron chi connectivity index (χ2n) is 7.87. The van der Waals surface area contributed by atoms with Crippen LogP contribution in [0.15, 0.2) is 0 Å². The Labute approximate surface area is 196 Å². The highest BCUT2D eigenvalue weighted by Crippen LogP contribution is 2.29. The van der Waals surface area contributed by atoms with Crippen molar-refractivity contribution < 1.29 is 45.8 Å². The molecule has 0 heterocycles. The van der Waals surface area contributed by atoms with Crippen LogP contribution in [-0.2, 0) is 19.1 Å². The normalized spacial score (nSPS) is 10.9. The lowest BCUT2D eigenvalue weighted by atomic mass is 10.1. The summed E-state index contributed by atoms with van der Waals surface area (Å²) in [6, 6.07) is 0. The van der Waals surface area contributed by atoms with E-state index < -0.39 is 60.0 Å². The molecule has 1 rings (SSSR count). The van der Waals surface area contributed by atoms with Crippen molar-refractivity contribution in [3.8, 4) is 5.75 Å². The molecule has 1 aromatic carbocycles. The van der Waals surface area contributed by atoms with Gasteiger partial charge in [0.15, 0.2) is 5.75 Å². The van der Waals surface area contributed by atoms with E-state index in [2.05, 4.69) is 11.7 Å². The lowest BCUT2D eigenvalue weighted by molar-refractivity contribution is -0.150. The van der Waals surface area contributed by atoms with Gasteiger partial charge in [-0.05, 0) is 6.42 Å². The fourth-order valence-electron chi connectivity index (χ4n) is 3.13. The predicted octanol–water partition coefficient (Wildman–Crippen LogP) is 6.55. The van der Waals surface area contributed by atoms with Gasteiger partial charge in [-0.15, -0.1) is 0 Å². The minimum atomic E-state index is -2.30. The molecule has 0 atom stereocenters. The number of carbonyl (C=O) groups is 2. The van der Waals surface area contributed by atoms with Crippen LogP contribution in [0.4, 0.5) is 22.0 Å². The number of halogens is 5. The topological polar surface area (TPSA) is 61.8 Å². The molecule has 0 aromatic heterocycles. The first-order valence-corrected chi connectivity index (χ1v) is 11.7. The van der Waals surface area contributed by atoms with E-state index in [4.69, 9.17) is 9.47 Å². The third-order valence-corrected chi connectivity index (χ3v) is 5.06. The minimum absolute atomic E-state index is 0.199. The maximum Gasteiger partial charge on any atom is 0.306 e. The van der Waals surface area contributed by atoms with Crippen molar-refractivity contribution in [2.75, 3.05) is 19.8 Å². The number of hydrogen-bond acceptors (Lipinski definition) is 5. The zero-order chi connectivity index (χ0) is 25.3. The maximum atomic E-state index is 13.5. The maximum absolute atomic E-state index is 13.5. The highest BCUT2D eigenvalue weighted by molar-refractivity contribution is 5.77. The second kappa shape index (κ2) is 17.1. The Hall–Kier alpha value is -2.39. The van der Waals surface area contributed by atoms with Crippen LogP contribution in [0.5, 0.6) is 5.75 Å². The van der Waals surface area contributed by atoms with Gasteiger partial charge in [0.05, 0.1) is 19.4 Å². The molecule has 5 nitrogen and oxygen atoms in total. The van der Waals surface area contributed by atoms with E-state index in [0.29, 0.717) is 0 Å². The molecule has 1 aromatic rings. The molecule has 0 aliphatic carbocycles. The Morgan fingerprint density at radius 1 is 0.559 bits per heavy atom. The molecule has 0 aliphatic heterocycles. The van der Waals surface area contributed by atoms with E-state index in [-0.39, 0.29) is 19.4 Å². The molecule has 0 amide bonds. The summed E-state index contributed by atoms with van der Waals surface area (Å²) in [5.74, 6) is -13.6. The number of esters is 2. The fourth-order valence-corrected chi connectivity index (χ4v) is 3.13. The first-order chi connectivity index (χ1) is 16.3. The first-order valence-electron chi connectivity index (χ1n) is 11.7. The first kappa shape index (κ1) is 29.6. The van der Waals surface area contributed by atoms with Gasteiger partial charge in [-0.1, -0.05) is 64.7 Å². The monoisotopic (exact) mass is 496 g/mol. The van der Waals surface area contributed by atoms with Gasteiger partial charge in [0.2, 0.25) is 29.1 Å². The quantitative estimate of drug-likeness (QED) is 0.0759. The summed E-state index contributed by atoms with van der Waals surface area (Å²) in [4.78, 5) is 23.3. The lowest BCUT2D eigenvalue weighted by Crippen LogP contribution is -2.16. The molecule has 0 saturated heterocycles. The van der Waals surface area contributed by atoms with Crippen LogP contribution in [0.25, 0.3) is 0 Å². The third-order valence-electron chi connectivity index (χ3n) is 5.06. The summed E-state index contributed by atoms with van der Waals surface area (Å²) < 4.78 is 80.3. The highest BCUT2D eigenvalue weighted by Gasteiger charge is 2.27. The van der Waals surface area contributed by atoms with Crippen LogP contribution < -0.4 is 4.74 Å². The van der Waals surface area contributed by atoms with Gasteiger partial charge in [0.25, 0.3) is 0 Å². The smallest absolute Gasteiger partial charge is 0.306 e. The van der Waals surface area contributed by atoms with E-state index in [1.807, 2.05) is 0 Å². The zero-order valence-electron chi connectivity index (χ0n) is 19.5. The molecule has 0 fully saturated rings. The standard InChI is InChI=1S/C24H33F5O5/c1-2-3-4-5-6-7-8-9-10-11-14-32-17(30)12-13-18(31)33-15-16-34-24-22(28)20(26)19(25)21(27)23(24)29/h2-16H2,1H3. The molecule has 0 radical (unpaired) electrons. The summed E-state index contributed by atoms with van der Waals surface area (Å²) >= 11 is 0. The van der Waals surface area contributed by atoms with Crippen molar-refractivity contribution in [1.82, 2.24) is 0 Å². The van der Waals surface area contributed by atoms with Gasteiger partial charge in [-0.2, -0.15) is 8.78 Å². The minimum Gasteiger partial charge on any atom is -0.484 e. The summed E-state index contributed by atoms with van der Waals surface area (Å²) in [5.41, 5.74) is 0. The van der Waals surface area contributed by atoms with Crippen molar-refractivity contribution in [2.24, 2.45) is 0 Å². The Kier molecular flexibility index (Phi) is 14.9. The van der Waals surface area contributed by atoms with Gasteiger partial charge < -0.3 is 14.2 Å². The number of ether oxygens (including phenoxy) is 3. The summed E-state index contributed by atoms with van der Waals surface area (Å²) in [6.07, 6.45) is 11.1. The Balaban J connectivity index is 2.08. The van der Waals surface area contributed by atoms with Crippen molar-refractivity contribution in [1.29, 1.82) is 0 Å². The average Bonchev–Trinajstić information content (AvgIpc) is 2.83. The van der Waals surface area contributed by atoms with E-state index in [9.17, 15) is 31.5 Å². The Morgan fingerprint density at radius 3 is 1.47 bits per heavy atom. The molecule has 0 saturated carbocycles. The fraction of sp³-hybridized carbons (Fsp3) is 0.667. The zero-order valence-corrected chi connectivity index (χ0v) is 19.5. The number of carbonyl (C=O) groups excluding carboxylic acids is 2. The second-order valence-corrected chi connectivity index (χ2v) is 7.87. The van der Waals surface area contributed by atoms with Gasteiger partial charge in [-0.25, -0.2) is 13.2 Å². The van der Waals surface area contributed by atoms with E-state index in [1.54, 1.807) is 0 Å². The molecular weight excluding hydrogens is 463 g/mol. The van der Waals surface area contributed by atoms with Crippen LogP contribution >= 0.6 is 0 Å². The molecular formula is C24H33F5O5. The molecule has 0 aliphatic rings. The Morgan fingerprint density at radius 2 is 0.971 bits per heavy atom. The van der Waals surface area contributed by atoms with Crippen LogP contribution in [-0.4, -0.2) is 31.8 Å². The SMILES string of the molecule is CCCCCCCCCCCCOC(=O)CCC(=O)OCCOc1c(F)c(F)c(F)c(F)c1F. The van der Waals surface area contributed by atoms with Crippen LogP contribution in [0, 0.1) is 29.1 Å². The molecule has 0 unspecified atom stereocenters. The van der Waals surface area contributed by atoms with E-state index >= 15 is 0 Å². The van der Waals surface area contributed by atoms with Gasteiger partial charge in [0, 0.05) is 0 Å². The largest absolute Gasteiger partial charge is 0.484 e. The van der Waals surface area contributed by atoms with Crippen molar-refractivity contribution >= 4 is 11.9 Å². The summed E-state index contributed by atoms with van der Waals surface area (Å²) in [5, 5.41) is 0. The molecule has 0 bridgehead atoms. The molecule has 0 N–H and O–H groups in total. The lowest BCUT2D eigenvalue weighted by Gasteiger charge is -2.10. The summed E-state index contributed by atoms with van der Waals surface area (Å²) in [7, 11) is 0. The Bertz CT molecular complexity index is 744.